The lowest BCUT2D eigenvalue weighted by Crippen LogP contribution is -2.49. The first-order valence-electron chi connectivity index (χ1n) is 5.98. The van der Waals surface area contributed by atoms with Crippen molar-refractivity contribution in [2.24, 2.45) is 0 Å². The van der Waals surface area contributed by atoms with E-state index in [-0.39, 0.29) is 16.9 Å². The van der Waals surface area contributed by atoms with Gasteiger partial charge in [-0.1, -0.05) is 35.0 Å². The zero-order valence-electron chi connectivity index (χ0n) is 10.5. The van der Waals surface area contributed by atoms with Crippen LogP contribution in [0.15, 0.2) is 28.7 Å². The third-order valence-electron chi connectivity index (χ3n) is 4.09. The predicted octanol–water partition coefficient (Wildman–Crippen LogP) is 3.40. The Morgan fingerprint density at radius 1 is 1.41 bits per heavy atom. The average Bonchev–Trinajstić information content (AvgIpc) is 2.48. The summed E-state index contributed by atoms with van der Waals surface area (Å²) in [6.07, 6.45) is 1.53. The van der Waals surface area contributed by atoms with Crippen molar-refractivity contribution in [2.45, 2.75) is 44.6 Å². The molecule has 2 rings (SSSR count). The van der Waals surface area contributed by atoms with E-state index in [1.165, 1.54) is 5.56 Å². The topological polar surface area (TPSA) is 29.1 Å². The van der Waals surface area contributed by atoms with Crippen molar-refractivity contribution in [3.05, 3.63) is 34.3 Å². The highest BCUT2D eigenvalue weighted by Gasteiger charge is 2.52. The quantitative estimate of drug-likeness (QED) is 0.890. The van der Waals surface area contributed by atoms with E-state index in [4.69, 9.17) is 0 Å². The minimum Gasteiger partial charge on any atom is -0.350 e. The van der Waals surface area contributed by atoms with Crippen LogP contribution in [-0.4, -0.2) is 11.4 Å². The lowest BCUT2D eigenvalue weighted by atomic mass is 9.66. The van der Waals surface area contributed by atoms with E-state index in [1.54, 1.807) is 0 Å². The first-order chi connectivity index (χ1) is 7.91. The van der Waals surface area contributed by atoms with Gasteiger partial charge in [0.15, 0.2) is 0 Å². The van der Waals surface area contributed by atoms with Gasteiger partial charge in [-0.15, -0.1) is 0 Å². The van der Waals surface area contributed by atoms with Crippen LogP contribution in [0, 0.1) is 0 Å². The van der Waals surface area contributed by atoms with Crippen molar-refractivity contribution in [3.8, 4) is 0 Å². The molecule has 1 unspecified atom stereocenters. The highest BCUT2D eigenvalue weighted by atomic mass is 79.9. The monoisotopic (exact) mass is 295 g/mol. The molecule has 1 fully saturated rings. The minimum absolute atomic E-state index is 0.103. The molecule has 1 atom stereocenters. The van der Waals surface area contributed by atoms with Crippen LogP contribution in [0.5, 0.6) is 0 Å². The molecule has 0 radical (unpaired) electrons. The standard InChI is InChI=1S/C14H18BrNO/c1-4-14(9-12(17)16-13(14,2)3)10-6-5-7-11(15)8-10/h5-8H,4,9H2,1-3H3,(H,16,17). The predicted molar refractivity (Wildman–Crippen MR) is 72.9 cm³/mol. The second kappa shape index (κ2) is 4.13. The summed E-state index contributed by atoms with van der Waals surface area (Å²) in [7, 11) is 0. The Balaban J connectivity index is 2.55. The summed E-state index contributed by atoms with van der Waals surface area (Å²) in [5.74, 6) is 0.150. The third kappa shape index (κ3) is 1.90. The van der Waals surface area contributed by atoms with Crippen molar-refractivity contribution in [1.29, 1.82) is 0 Å². The Hall–Kier alpha value is -0.830. The maximum atomic E-state index is 11.8. The largest absolute Gasteiger partial charge is 0.350 e. The summed E-state index contributed by atoms with van der Waals surface area (Å²) in [5, 5.41) is 3.10. The molecular formula is C14H18BrNO. The first kappa shape index (κ1) is 12.6. The maximum Gasteiger partial charge on any atom is 0.221 e. The van der Waals surface area contributed by atoms with Gasteiger partial charge in [0.25, 0.3) is 0 Å². The molecule has 1 N–H and O–H groups in total. The lowest BCUT2D eigenvalue weighted by molar-refractivity contribution is -0.119. The second-order valence-corrected chi connectivity index (χ2v) is 6.21. The van der Waals surface area contributed by atoms with Gasteiger partial charge < -0.3 is 5.32 Å². The number of benzene rings is 1. The van der Waals surface area contributed by atoms with Crippen LogP contribution >= 0.6 is 15.9 Å². The summed E-state index contributed by atoms with van der Waals surface area (Å²) in [6, 6.07) is 8.31. The third-order valence-corrected chi connectivity index (χ3v) is 4.58. The van der Waals surface area contributed by atoms with Crippen LogP contribution < -0.4 is 5.32 Å². The Bertz CT molecular complexity index is 455. The SMILES string of the molecule is CCC1(c2cccc(Br)c2)CC(=O)NC1(C)C. The molecule has 2 nitrogen and oxygen atoms in total. The lowest BCUT2D eigenvalue weighted by Gasteiger charge is -2.40. The van der Waals surface area contributed by atoms with Crippen LogP contribution in [0.3, 0.4) is 0 Å². The molecule has 1 aromatic carbocycles. The van der Waals surface area contributed by atoms with Crippen molar-refractivity contribution in [2.75, 3.05) is 0 Å². The molecular weight excluding hydrogens is 278 g/mol. The summed E-state index contributed by atoms with van der Waals surface area (Å²) in [5.41, 5.74) is 0.936. The van der Waals surface area contributed by atoms with Crippen LogP contribution in [0.4, 0.5) is 0 Å². The van der Waals surface area contributed by atoms with Gasteiger partial charge in [-0.3, -0.25) is 4.79 Å². The number of carbonyl (C=O) groups excluding carboxylic acids is 1. The van der Waals surface area contributed by atoms with Gasteiger partial charge in [0.1, 0.15) is 0 Å². The molecule has 1 saturated heterocycles. The summed E-state index contributed by atoms with van der Waals surface area (Å²) in [6.45, 7) is 6.38. The Kier molecular flexibility index (Phi) is 3.06. The number of carbonyl (C=O) groups is 1. The minimum atomic E-state index is -0.195. The Morgan fingerprint density at radius 3 is 2.59 bits per heavy atom. The number of rotatable bonds is 2. The van der Waals surface area contributed by atoms with Crippen molar-refractivity contribution in [3.63, 3.8) is 0 Å². The smallest absolute Gasteiger partial charge is 0.221 e. The molecule has 0 saturated carbocycles. The van der Waals surface area contributed by atoms with Crippen molar-refractivity contribution in [1.82, 2.24) is 5.32 Å². The molecule has 1 aromatic rings. The number of hydrogen-bond acceptors (Lipinski definition) is 1. The summed E-state index contributed by atoms with van der Waals surface area (Å²) in [4.78, 5) is 11.8. The Labute approximate surface area is 111 Å². The molecule has 1 aliphatic rings. The number of nitrogens with one attached hydrogen (secondary N) is 1. The second-order valence-electron chi connectivity index (χ2n) is 5.30. The fourth-order valence-electron chi connectivity index (χ4n) is 3.03. The molecule has 1 heterocycles. The molecule has 0 aliphatic carbocycles. The number of amides is 1. The van der Waals surface area contributed by atoms with E-state index in [0.29, 0.717) is 6.42 Å². The van der Waals surface area contributed by atoms with E-state index in [1.807, 2.05) is 12.1 Å². The molecule has 3 heteroatoms. The zero-order chi connectivity index (χ0) is 12.7. The first-order valence-corrected chi connectivity index (χ1v) is 6.78. The number of halogens is 1. The molecule has 0 spiro atoms. The van der Waals surface area contributed by atoms with E-state index in [0.717, 1.165) is 10.9 Å². The van der Waals surface area contributed by atoms with Gasteiger partial charge in [-0.2, -0.15) is 0 Å². The molecule has 0 bridgehead atoms. The fourth-order valence-corrected chi connectivity index (χ4v) is 3.43. The van der Waals surface area contributed by atoms with Gasteiger partial charge in [-0.25, -0.2) is 0 Å². The van der Waals surface area contributed by atoms with Crippen molar-refractivity contribution < 1.29 is 4.79 Å². The normalized spacial score (nSPS) is 26.9. The highest BCUT2D eigenvalue weighted by molar-refractivity contribution is 9.10. The van der Waals surface area contributed by atoms with Gasteiger partial charge >= 0.3 is 0 Å². The highest BCUT2D eigenvalue weighted by Crippen LogP contribution is 2.45. The van der Waals surface area contributed by atoms with E-state index < -0.39 is 0 Å². The van der Waals surface area contributed by atoms with E-state index in [9.17, 15) is 4.79 Å². The fraction of sp³-hybridized carbons (Fsp3) is 0.500. The Morgan fingerprint density at radius 2 is 2.12 bits per heavy atom. The van der Waals surface area contributed by atoms with Crippen molar-refractivity contribution >= 4 is 21.8 Å². The molecule has 17 heavy (non-hydrogen) atoms. The summed E-state index contributed by atoms with van der Waals surface area (Å²) >= 11 is 3.51. The van der Waals surface area contributed by atoms with Crippen LogP contribution in [0.1, 0.15) is 39.2 Å². The maximum absolute atomic E-state index is 11.8. The molecule has 1 amide bonds. The molecule has 0 aromatic heterocycles. The van der Waals surface area contributed by atoms with Gasteiger partial charge in [0.2, 0.25) is 5.91 Å². The van der Waals surface area contributed by atoms with Crippen LogP contribution in [0.25, 0.3) is 0 Å². The average molecular weight is 296 g/mol. The van der Waals surface area contributed by atoms with E-state index >= 15 is 0 Å². The van der Waals surface area contributed by atoms with Gasteiger partial charge in [0.05, 0.1) is 0 Å². The van der Waals surface area contributed by atoms with E-state index in [2.05, 4.69) is 54.2 Å². The van der Waals surface area contributed by atoms with Crippen LogP contribution in [-0.2, 0) is 10.2 Å². The van der Waals surface area contributed by atoms with Crippen LogP contribution in [0.2, 0.25) is 0 Å². The van der Waals surface area contributed by atoms with Gasteiger partial charge in [-0.05, 0) is 38.0 Å². The zero-order valence-corrected chi connectivity index (χ0v) is 12.1. The summed E-state index contributed by atoms with van der Waals surface area (Å²) < 4.78 is 1.07. The molecule has 92 valence electrons. The van der Waals surface area contributed by atoms with Gasteiger partial charge in [0, 0.05) is 21.8 Å². The molecule has 1 aliphatic heterocycles. The number of hydrogen-bond donors (Lipinski definition) is 1.